The predicted molar refractivity (Wildman–Crippen MR) is 100 cm³/mol. The van der Waals surface area contributed by atoms with Crippen LogP contribution in [0.15, 0.2) is 42.5 Å². The second-order valence-corrected chi connectivity index (χ2v) is 6.18. The van der Waals surface area contributed by atoms with E-state index in [1.165, 1.54) is 25.3 Å². The normalized spacial score (nSPS) is 16.2. The number of fused-ring (bicyclic) bond motifs is 1. The fourth-order valence-electron chi connectivity index (χ4n) is 3.43. The number of likely N-dealkylation sites (N-methyl/N-ethyl adjacent to an activating group) is 1. The molecule has 2 aromatic rings. The van der Waals surface area contributed by atoms with Gasteiger partial charge < -0.3 is 14.5 Å². The number of hydrogen-bond acceptors (Lipinski definition) is 5. The summed E-state index contributed by atoms with van der Waals surface area (Å²) in [6.45, 7) is 5.57. The van der Waals surface area contributed by atoms with Gasteiger partial charge in [0, 0.05) is 36.8 Å². The van der Waals surface area contributed by atoms with Crippen LogP contribution in [-0.2, 0) is 0 Å². The molecule has 1 aliphatic heterocycles. The first-order valence-electron chi connectivity index (χ1n) is 8.47. The van der Waals surface area contributed by atoms with Gasteiger partial charge in [0.25, 0.3) is 5.91 Å². The zero-order valence-corrected chi connectivity index (χ0v) is 15.0. The highest BCUT2D eigenvalue weighted by molar-refractivity contribution is 6.08. The smallest absolute Gasteiger partial charge is 0.310 e. The number of ether oxygens (including phenoxy) is 1. The molecule has 0 saturated heterocycles. The quantitative estimate of drug-likeness (QED) is 0.620. The van der Waals surface area contributed by atoms with Gasteiger partial charge in [0.2, 0.25) is 0 Å². The lowest BCUT2D eigenvalue weighted by atomic mass is 10.1. The van der Waals surface area contributed by atoms with Crippen LogP contribution in [0.3, 0.4) is 0 Å². The number of carbonyl (C=O) groups is 1. The van der Waals surface area contributed by atoms with Crippen LogP contribution in [-0.4, -0.2) is 37.1 Å². The van der Waals surface area contributed by atoms with E-state index in [0.717, 1.165) is 17.9 Å². The fourth-order valence-corrected chi connectivity index (χ4v) is 3.43. The molecular formula is C19H21N3O4. The van der Waals surface area contributed by atoms with Crippen LogP contribution >= 0.6 is 0 Å². The van der Waals surface area contributed by atoms with Crippen molar-refractivity contribution >= 4 is 23.0 Å². The number of hydrogen-bond donors (Lipinski definition) is 0. The van der Waals surface area contributed by atoms with E-state index in [0.29, 0.717) is 12.1 Å². The first-order valence-corrected chi connectivity index (χ1v) is 8.47. The Morgan fingerprint density at radius 1 is 1.27 bits per heavy atom. The summed E-state index contributed by atoms with van der Waals surface area (Å²) in [6, 6.07) is 12.2. The third-order valence-corrected chi connectivity index (χ3v) is 4.67. The molecule has 0 radical (unpaired) electrons. The Bertz CT molecular complexity index is 852. The average molecular weight is 355 g/mol. The van der Waals surface area contributed by atoms with Gasteiger partial charge in [-0.15, -0.1) is 0 Å². The highest BCUT2D eigenvalue weighted by Gasteiger charge is 2.31. The molecule has 1 atom stereocenters. The number of benzene rings is 2. The average Bonchev–Trinajstić information content (AvgIpc) is 2.66. The number of amides is 1. The van der Waals surface area contributed by atoms with Crippen molar-refractivity contribution in [1.29, 1.82) is 0 Å². The molecule has 0 aromatic heterocycles. The molecule has 3 rings (SSSR count). The minimum atomic E-state index is -0.523. The number of carbonyl (C=O) groups excluding carboxylic acids is 1. The largest absolute Gasteiger partial charge is 0.490 e. The Morgan fingerprint density at radius 3 is 2.58 bits per heavy atom. The maximum Gasteiger partial charge on any atom is 0.310 e. The molecular weight excluding hydrogens is 334 g/mol. The standard InChI is InChI=1S/C19H21N3O4/c1-4-20-13(2)12-21(16-8-6-5-7-15(16)20)19(23)14-9-10-17(22(24)25)18(11-14)26-3/h5-11,13H,4,12H2,1-3H3. The summed E-state index contributed by atoms with van der Waals surface area (Å²) in [5.74, 6) is -0.123. The number of rotatable bonds is 4. The maximum absolute atomic E-state index is 13.1. The number of nitro benzene ring substituents is 1. The van der Waals surface area contributed by atoms with Gasteiger partial charge in [-0.1, -0.05) is 12.1 Å². The van der Waals surface area contributed by atoms with Crippen molar-refractivity contribution in [2.75, 3.05) is 30.0 Å². The van der Waals surface area contributed by atoms with E-state index in [2.05, 4.69) is 18.7 Å². The second-order valence-electron chi connectivity index (χ2n) is 6.18. The summed E-state index contributed by atoms with van der Waals surface area (Å²) < 4.78 is 5.09. The Balaban J connectivity index is 2.01. The third kappa shape index (κ3) is 2.96. The summed E-state index contributed by atoms with van der Waals surface area (Å²) in [4.78, 5) is 27.7. The second kappa shape index (κ2) is 7.03. The molecule has 1 aliphatic rings. The number of nitro groups is 1. The van der Waals surface area contributed by atoms with Crippen LogP contribution in [0.2, 0.25) is 0 Å². The van der Waals surface area contributed by atoms with Gasteiger partial charge in [-0.3, -0.25) is 14.9 Å². The van der Waals surface area contributed by atoms with Crippen molar-refractivity contribution in [2.45, 2.75) is 19.9 Å². The molecule has 7 nitrogen and oxygen atoms in total. The van der Waals surface area contributed by atoms with E-state index in [4.69, 9.17) is 4.74 Å². The first kappa shape index (κ1) is 17.7. The molecule has 0 aliphatic carbocycles. The molecule has 2 aromatic carbocycles. The minimum absolute atomic E-state index is 0.0781. The lowest BCUT2D eigenvalue weighted by molar-refractivity contribution is -0.385. The van der Waals surface area contributed by atoms with Crippen LogP contribution in [0.4, 0.5) is 17.1 Å². The topological polar surface area (TPSA) is 75.9 Å². The monoisotopic (exact) mass is 355 g/mol. The molecule has 1 unspecified atom stereocenters. The van der Waals surface area contributed by atoms with Gasteiger partial charge in [0.1, 0.15) is 0 Å². The van der Waals surface area contributed by atoms with E-state index in [-0.39, 0.29) is 23.4 Å². The van der Waals surface area contributed by atoms with E-state index in [9.17, 15) is 14.9 Å². The van der Waals surface area contributed by atoms with Crippen LogP contribution in [0.25, 0.3) is 0 Å². The summed E-state index contributed by atoms with van der Waals surface area (Å²) in [6.07, 6.45) is 0. The molecule has 136 valence electrons. The highest BCUT2D eigenvalue weighted by Crippen LogP contribution is 2.36. The zero-order valence-electron chi connectivity index (χ0n) is 15.0. The fraction of sp³-hybridized carbons (Fsp3) is 0.316. The minimum Gasteiger partial charge on any atom is -0.490 e. The van der Waals surface area contributed by atoms with Gasteiger partial charge in [0.15, 0.2) is 5.75 Å². The van der Waals surface area contributed by atoms with Crippen LogP contribution in [0.1, 0.15) is 24.2 Å². The molecule has 0 saturated carbocycles. The molecule has 26 heavy (non-hydrogen) atoms. The number of para-hydroxylation sites is 2. The Morgan fingerprint density at radius 2 is 1.96 bits per heavy atom. The number of nitrogens with zero attached hydrogens (tertiary/aromatic N) is 3. The van der Waals surface area contributed by atoms with Crippen molar-refractivity contribution in [1.82, 2.24) is 0 Å². The van der Waals surface area contributed by atoms with Gasteiger partial charge in [0.05, 0.1) is 23.4 Å². The van der Waals surface area contributed by atoms with E-state index in [1.807, 2.05) is 24.3 Å². The lowest BCUT2D eigenvalue weighted by Gasteiger charge is -2.42. The van der Waals surface area contributed by atoms with Gasteiger partial charge in [-0.25, -0.2) is 0 Å². The predicted octanol–water partition coefficient (Wildman–Crippen LogP) is 3.48. The molecule has 1 heterocycles. The summed E-state index contributed by atoms with van der Waals surface area (Å²) in [5, 5.41) is 11.1. The number of anilines is 2. The van der Waals surface area contributed by atoms with Crippen molar-refractivity contribution in [3.63, 3.8) is 0 Å². The molecule has 0 bridgehead atoms. The van der Waals surface area contributed by atoms with E-state index in [1.54, 1.807) is 4.90 Å². The van der Waals surface area contributed by atoms with Crippen LogP contribution in [0.5, 0.6) is 5.75 Å². The van der Waals surface area contributed by atoms with Crippen molar-refractivity contribution in [3.8, 4) is 5.75 Å². The van der Waals surface area contributed by atoms with E-state index < -0.39 is 4.92 Å². The SMILES string of the molecule is CCN1c2ccccc2N(C(=O)c2ccc([N+](=O)[O-])c(OC)c2)CC1C. The van der Waals surface area contributed by atoms with Gasteiger partial charge in [-0.05, 0) is 32.0 Å². The number of methoxy groups -OCH3 is 1. The summed E-state index contributed by atoms with van der Waals surface area (Å²) in [7, 11) is 1.36. The summed E-state index contributed by atoms with van der Waals surface area (Å²) in [5.41, 5.74) is 2.05. The molecule has 0 N–H and O–H groups in total. The lowest BCUT2D eigenvalue weighted by Crippen LogP contribution is -2.49. The maximum atomic E-state index is 13.1. The first-order chi connectivity index (χ1) is 12.5. The summed E-state index contributed by atoms with van der Waals surface area (Å²) >= 11 is 0. The Labute approximate surface area is 151 Å². The highest BCUT2D eigenvalue weighted by atomic mass is 16.6. The van der Waals surface area contributed by atoms with Crippen LogP contribution < -0.4 is 14.5 Å². The van der Waals surface area contributed by atoms with Crippen molar-refractivity contribution < 1.29 is 14.5 Å². The molecule has 7 heteroatoms. The van der Waals surface area contributed by atoms with Gasteiger partial charge >= 0.3 is 5.69 Å². The Kier molecular flexibility index (Phi) is 4.79. The molecule has 0 fully saturated rings. The zero-order chi connectivity index (χ0) is 18.8. The molecule has 1 amide bonds. The van der Waals surface area contributed by atoms with E-state index >= 15 is 0 Å². The van der Waals surface area contributed by atoms with Gasteiger partial charge in [-0.2, -0.15) is 0 Å². The van der Waals surface area contributed by atoms with Crippen LogP contribution in [0, 0.1) is 10.1 Å². The Hall–Kier alpha value is -3.09. The third-order valence-electron chi connectivity index (χ3n) is 4.67. The van der Waals surface area contributed by atoms with Crippen molar-refractivity contribution in [3.05, 3.63) is 58.1 Å². The van der Waals surface area contributed by atoms with Crippen molar-refractivity contribution in [2.24, 2.45) is 0 Å². The molecule has 0 spiro atoms.